The second-order valence-electron chi connectivity index (χ2n) is 4.47. The van der Waals surface area contributed by atoms with Crippen molar-refractivity contribution in [2.24, 2.45) is 0 Å². The van der Waals surface area contributed by atoms with Crippen LogP contribution in [0.4, 0.5) is 0 Å². The fourth-order valence-corrected chi connectivity index (χ4v) is 2.38. The fourth-order valence-electron chi connectivity index (χ4n) is 2.38. The highest BCUT2D eigenvalue weighted by molar-refractivity contribution is 5.99. The summed E-state index contributed by atoms with van der Waals surface area (Å²) in [5, 5.41) is 23.4. The van der Waals surface area contributed by atoms with Gasteiger partial charge in [0.05, 0.1) is 6.61 Å². The van der Waals surface area contributed by atoms with E-state index in [-0.39, 0.29) is 6.61 Å². The monoisotopic (exact) mass is 238 g/mol. The Labute approximate surface area is 105 Å². The van der Waals surface area contributed by atoms with E-state index in [1.54, 1.807) is 0 Å². The Kier molecular flexibility index (Phi) is 2.74. The van der Waals surface area contributed by atoms with E-state index in [0.29, 0.717) is 0 Å². The molecule has 2 heteroatoms. The smallest absolute Gasteiger partial charge is 0.103 e. The van der Waals surface area contributed by atoms with Crippen molar-refractivity contribution >= 4 is 21.5 Å². The average molecular weight is 238 g/mol. The van der Waals surface area contributed by atoms with Crippen molar-refractivity contribution in [3.63, 3.8) is 0 Å². The molecule has 0 bridgehead atoms. The maximum Gasteiger partial charge on any atom is 0.103 e. The summed E-state index contributed by atoms with van der Waals surface area (Å²) in [4.78, 5) is 0. The first-order valence-corrected chi connectivity index (χ1v) is 6.00. The van der Waals surface area contributed by atoms with Gasteiger partial charge in [-0.05, 0) is 39.2 Å². The lowest BCUT2D eigenvalue weighted by atomic mass is 9.97. The molecule has 1 unspecified atom stereocenters. The predicted octanol–water partition coefficient (Wildman–Crippen LogP) is 3.02. The SMILES string of the molecule is OCC(O)c1cccc2cc3ccccc3cc12. The molecule has 0 spiro atoms. The van der Waals surface area contributed by atoms with Crippen molar-refractivity contribution < 1.29 is 10.2 Å². The molecule has 0 amide bonds. The van der Waals surface area contributed by atoms with Crippen molar-refractivity contribution in [3.05, 3.63) is 60.2 Å². The van der Waals surface area contributed by atoms with E-state index in [4.69, 9.17) is 5.11 Å². The molecule has 3 rings (SSSR count). The minimum Gasteiger partial charge on any atom is -0.393 e. The third-order valence-corrected chi connectivity index (χ3v) is 3.31. The summed E-state index contributed by atoms with van der Waals surface area (Å²) in [6, 6.07) is 18.1. The van der Waals surface area contributed by atoms with Gasteiger partial charge in [-0.3, -0.25) is 0 Å². The maximum absolute atomic E-state index is 9.85. The minimum absolute atomic E-state index is 0.258. The van der Waals surface area contributed by atoms with E-state index in [2.05, 4.69) is 24.3 Å². The Hall–Kier alpha value is -1.90. The Bertz CT molecular complexity index is 704. The van der Waals surface area contributed by atoms with Crippen molar-refractivity contribution in [1.29, 1.82) is 0 Å². The summed E-state index contributed by atoms with van der Waals surface area (Å²) in [5.41, 5.74) is 0.778. The zero-order valence-corrected chi connectivity index (χ0v) is 9.88. The topological polar surface area (TPSA) is 40.5 Å². The quantitative estimate of drug-likeness (QED) is 0.674. The highest BCUT2D eigenvalue weighted by Gasteiger charge is 2.10. The Morgan fingerprint density at radius 2 is 1.50 bits per heavy atom. The lowest BCUT2D eigenvalue weighted by Gasteiger charge is -2.12. The molecule has 2 N–H and O–H groups in total. The average Bonchev–Trinajstić information content (AvgIpc) is 2.43. The van der Waals surface area contributed by atoms with Crippen LogP contribution < -0.4 is 0 Å². The second-order valence-corrected chi connectivity index (χ2v) is 4.47. The molecule has 0 aliphatic rings. The van der Waals surface area contributed by atoms with Crippen LogP contribution in [-0.4, -0.2) is 16.8 Å². The van der Waals surface area contributed by atoms with Gasteiger partial charge in [-0.2, -0.15) is 0 Å². The summed E-state index contributed by atoms with van der Waals surface area (Å²) in [7, 11) is 0. The van der Waals surface area contributed by atoms with Crippen LogP contribution in [0.3, 0.4) is 0 Å². The minimum atomic E-state index is -0.824. The van der Waals surface area contributed by atoms with Crippen LogP contribution in [0.5, 0.6) is 0 Å². The summed E-state index contributed by atoms with van der Waals surface area (Å²) < 4.78 is 0. The van der Waals surface area contributed by atoms with Gasteiger partial charge in [0.25, 0.3) is 0 Å². The van der Waals surface area contributed by atoms with Crippen LogP contribution in [0.15, 0.2) is 54.6 Å². The first-order chi connectivity index (χ1) is 8.79. The summed E-state index contributed by atoms with van der Waals surface area (Å²) in [6.07, 6.45) is -0.824. The zero-order valence-electron chi connectivity index (χ0n) is 9.88. The molecule has 0 fully saturated rings. The molecule has 2 nitrogen and oxygen atoms in total. The van der Waals surface area contributed by atoms with Gasteiger partial charge in [0.15, 0.2) is 0 Å². The summed E-state index contributed by atoms with van der Waals surface area (Å²) in [5.74, 6) is 0. The second kappa shape index (κ2) is 4.41. The van der Waals surface area contributed by atoms with Gasteiger partial charge < -0.3 is 10.2 Å². The zero-order chi connectivity index (χ0) is 12.5. The van der Waals surface area contributed by atoms with Crippen molar-refractivity contribution in [1.82, 2.24) is 0 Å². The predicted molar refractivity (Wildman–Crippen MR) is 73.5 cm³/mol. The lowest BCUT2D eigenvalue weighted by molar-refractivity contribution is 0.0967. The Balaban J connectivity index is 2.36. The molecular formula is C16H14O2. The molecule has 1 atom stereocenters. The van der Waals surface area contributed by atoms with Gasteiger partial charge in [-0.15, -0.1) is 0 Å². The van der Waals surface area contributed by atoms with Gasteiger partial charge in [-0.25, -0.2) is 0 Å². The number of fused-ring (bicyclic) bond motifs is 2. The molecule has 18 heavy (non-hydrogen) atoms. The first-order valence-electron chi connectivity index (χ1n) is 6.00. The van der Waals surface area contributed by atoms with E-state index in [1.807, 2.05) is 30.3 Å². The van der Waals surface area contributed by atoms with Crippen molar-refractivity contribution in [2.45, 2.75) is 6.10 Å². The molecule has 3 aromatic carbocycles. The number of hydrogen-bond donors (Lipinski definition) is 2. The van der Waals surface area contributed by atoms with E-state index < -0.39 is 6.10 Å². The molecule has 0 aliphatic carbocycles. The van der Waals surface area contributed by atoms with Crippen LogP contribution in [-0.2, 0) is 0 Å². The van der Waals surface area contributed by atoms with Gasteiger partial charge in [0.2, 0.25) is 0 Å². The van der Waals surface area contributed by atoms with Gasteiger partial charge >= 0.3 is 0 Å². The largest absolute Gasteiger partial charge is 0.393 e. The number of aliphatic hydroxyl groups excluding tert-OH is 2. The van der Waals surface area contributed by atoms with Gasteiger partial charge in [0.1, 0.15) is 6.10 Å². The number of hydrogen-bond acceptors (Lipinski definition) is 2. The fraction of sp³-hybridized carbons (Fsp3) is 0.125. The molecule has 90 valence electrons. The van der Waals surface area contributed by atoms with Crippen LogP contribution >= 0.6 is 0 Å². The molecule has 0 aliphatic heterocycles. The third-order valence-electron chi connectivity index (χ3n) is 3.31. The maximum atomic E-state index is 9.85. The highest BCUT2D eigenvalue weighted by atomic mass is 16.3. The molecule has 0 heterocycles. The molecule has 0 saturated heterocycles. The normalized spacial score (nSPS) is 13.0. The summed E-state index contributed by atoms with van der Waals surface area (Å²) >= 11 is 0. The summed E-state index contributed by atoms with van der Waals surface area (Å²) in [6.45, 7) is -0.258. The molecule has 0 aromatic heterocycles. The third kappa shape index (κ3) is 1.76. The molecule has 0 saturated carbocycles. The number of rotatable bonds is 2. The number of aliphatic hydroxyl groups is 2. The number of benzene rings is 3. The Morgan fingerprint density at radius 3 is 2.22 bits per heavy atom. The molecular weight excluding hydrogens is 224 g/mol. The highest BCUT2D eigenvalue weighted by Crippen LogP contribution is 2.28. The van der Waals surface area contributed by atoms with E-state index in [1.165, 1.54) is 5.39 Å². The molecule has 0 radical (unpaired) electrons. The van der Waals surface area contributed by atoms with Crippen LogP contribution in [0.25, 0.3) is 21.5 Å². The standard InChI is InChI=1S/C16H14O2/c17-10-16(18)14-7-3-6-13-8-11-4-1-2-5-12(11)9-15(13)14/h1-9,16-18H,10H2. The lowest BCUT2D eigenvalue weighted by Crippen LogP contribution is -2.02. The molecule has 3 aromatic rings. The Morgan fingerprint density at radius 1 is 0.833 bits per heavy atom. The van der Waals surface area contributed by atoms with Gasteiger partial charge in [0, 0.05) is 0 Å². The van der Waals surface area contributed by atoms with Crippen molar-refractivity contribution in [3.8, 4) is 0 Å². The van der Waals surface area contributed by atoms with E-state index >= 15 is 0 Å². The first kappa shape index (κ1) is 11.2. The van der Waals surface area contributed by atoms with Crippen LogP contribution in [0.2, 0.25) is 0 Å². The van der Waals surface area contributed by atoms with Crippen LogP contribution in [0, 0.1) is 0 Å². The van der Waals surface area contributed by atoms with E-state index in [9.17, 15) is 5.11 Å². The van der Waals surface area contributed by atoms with Gasteiger partial charge in [-0.1, -0.05) is 42.5 Å². The van der Waals surface area contributed by atoms with E-state index in [0.717, 1.165) is 21.7 Å². The van der Waals surface area contributed by atoms with Crippen molar-refractivity contribution in [2.75, 3.05) is 6.61 Å². The van der Waals surface area contributed by atoms with Crippen LogP contribution in [0.1, 0.15) is 11.7 Å².